The van der Waals surface area contributed by atoms with E-state index in [0.717, 1.165) is 17.2 Å². The topological polar surface area (TPSA) is 26.0 Å². The fraction of sp³-hybridized carbons (Fsp3) is 0.600. The lowest BCUT2D eigenvalue weighted by molar-refractivity contribution is 0.567. The van der Waals surface area contributed by atoms with E-state index in [4.69, 9.17) is 17.3 Å². The van der Waals surface area contributed by atoms with Gasteiger partial charge in [-0.2, -0.15) is 0 Å². The minimum Gasteiger partial charge on any atom is -0.327 e. The van der Waals surface area contributed by atoms with Gasteiger partial charge >= 0.3 is 0 Å². The summed E-state index contributed by atoms with van der Waals surface area (Å²) in [6, 6.07) is 8.28. The Kier molecular flexibility index (Phi) is 8.57. The van der Waals surface area contributed by atoms with Gasteiger partial charge in [0.1, 0.15) is 0 Å². The van der Waals surface area contributed by atoms with Crippen LogP contribution in [0.1, 0.15) is 45.4 Å². The number of nitrogens with two attached hydrogens (primary N) is 1. The normalized spacial score (nSPS) is 12.6. The lowest BCUT2D eigenvalue weighted by Crippen LogP contribution is -2.22. The van der Waals surface area contributed by atoms with Crippen LogP contribution in [-0.4, -0.2) is 11.8 Å². The predicted molar refractivity (Wildman–Crippen MR) is 83.5 cm³/mol. The van der Waals surface area contributed by atoms with Gasteiger partial charge in [0.25, 0.3) is 0 Å². The molecule has 2 N–H and O–H groups in total. The first-order valence-electron chi connectivity index (χ1n) is 6.86. The second-order valence-electron chi connectivity index (χ2n) is 4.73. The van der Waals surface area contributed by atoms with Gasteiger partial charge in [0.15, 0.2) is 0 Å². The SMILES string of the molecule is CCCCCCCC(N)CSc1cccc(Cl)c1. The van der Waals surface area contributed by atoms with E-state index in [2.05, 4.69) is 13.0 Å². The molecule has 1 atom stereocenters. The number of hydrogen-bond acceptors (Lipinski definition) is 2. The van der Waals surface area contributed by atoms with Gasteiger partial charge in [-0.15, -0.1) is 11.8 Å². The maximum absolute atomic E-state index is 6.12. The average molecular weight is 286 g/mol. The molecule has 0 saturated heterocycles. The Morgan fingerprint density at radius 1 is 1.22 bits per heavy atom. The molecule has 0 aliphatic rings. The van der Waals surface area contributed by atoms with Crippen LogP contribution in [0, 0.1) is 0 Å². The number of rotatable bonds is 9. The van der Waals surface area contributed by atoms with Crippen LogP contribution in [0.2, 0.25) is 5.02 Å². The summed E-state index contributed by atoms with van der Waals surface area (Å²) in [7, 11) is 0. The van der Waals surface area contributed by atoms with E-state index < -0.39 is 0 Å². The number of unbranched alkanes of at least 4 members (excludes halogenated alkanes) is 4. The van der Waals surface area contributed by atoms with Gasteiger partial charge in [-0.1, -0.05) is 56.7 Å². The van der Waals surface area contributed by atoms with Crippen molar-refractivity contribution in [3.63, 3.8) is 0 Å². The third-order valence-corrected chi connectivity index (χ3v) is 4.36. The molecular formula is C15H24ClNS. The highest BCUT2D eigenvalue weighted by Gasteiger charge is 2.04. The molecule has 1 aromatic carbocycles. The van der Waals surface area contributed by atoms with Crippen LogP contribution < -0.4 is 5.73 Å². The maximum atomic E-state index is 6.12. The molecule has 0 amide bonds. The molecule has 1 aromatic rings. The molecule has 1 rings (SSSR count). The Hall–Kier alpha value is -0.180. The number of thioether (sulfide) groups is 1. The lowest BCUT2D eigenvalue weighted by Gasteiger charge is -2.11. The highest BCUT2D eigenvalue weighted by atomic mass is 35.5. The fourth-order valence-corrected chi connectivity index (χ4v) is 3.07. The first kappa shape index (κ1) is 15.9. The molecule has 0 bridgehead atoms. The molecular weight excluding hydrogens is 262 g/mol. The van der Waals surface area contributed by atoms with Gasteiger partial charge in [-0.25, -0.2) is 0 Å². The first-order chi connectivity index (χ1) is 8.72. The molecule has 0 saturated carbocycles. The lowest BCUT2D eigenvalue weighted by atomic mass is 10.1. The Morgan fingerprint density at radius 3 is 2.72 bits per heavy atom. The Labute approximate surface area is 120 Å². The van der Waals surface area contributed by atoms with Crippen LogP contribution in [0.15, 0.2) is 29.2 Å². The summed E-state index contributed by atoms with van der Waals surface area (Å²) < 4.78 is 0. The third-order valence-electron chi connectivity index (χ3n) is 2.94. The second kappa shape index (κ2) is 9.71. The molecule has 0 heterocycles. The van der Waals surface area contributed by atoms with Crippen LogP contribution in [0.5, 0.6) is 0 Å². The Balaban J connectivity index is 2.11. The van der Waals surface area contributed by atoms with Crippen molar-refractivity contribution in [3.05, 3.63) is 29.3 Å². The number of hydrogen-bond donors (Lipinski definition) is 1. The Morgan fingerprint density at radius 2 is 2.00 bits per heavy atom. The van der Waals surface area contributed by atoms with Crippen LogP contribution in [0.3, 0.4) is 0 Å². The first-order valence-corrected chi connectivity index (χ1v) is 8.22. The third kappa shape index (κ3) is 7.30. The summed E-state index contributed by atoms with van der Waals surface area (Å²) in [6.45, 7) is 2.24. The molecule has 0 radical (unpaired) electrons. The van der Waals surface area contributed by atoms with Crippen molar-refractivity contribution >= 4 is 23.4 Å². The Bertz CT molecular complexity index is 330. The smallest absolute Gasteiger partial charge is 0.0417 e. The molecule has 0 fully saturated rings. The monoisotopic (exact) mass is 285 g/mol. The van der Waals surface area contributed by atoms with Crippen molar-refractivity contribution in [1.29, 1.82) is 0 Å². The predicted octanol–water partition coefficient (Wildman–Crippen LogP) is 5.12. The van der Waals surface area contributed by atoms with Crippen molar-refractivity contribution in [2.45, 2.75) is 56.4 Å². The number of benzene rings is 1. The minimum absolute atomic E-state index is 0.301. The average Bonchev–Trinajstić information content (AvgIpc) is 2.36. The van der Waals surface area contributed by atoms with E-state index >= 15 is 0 Å². The van der Waals surface area contributed by atoms with E-state index in [0.29, 0.717) is 6.04 Å². The van der Waals surface area contributed by atoms with Gasteiger partial charge < -0.3 is 5.73 Å². The molecule has 0 aliphatic carbocycles. The van der Waals surface area contributed by atoms with E-state index in [-0.39, 0.29) is 0 Å². The van der Waals surface area contributed by atoms with Gasteiger partial charge in [-0.05, 0) is 24.6 Å². The van der Waals surface area contributed by atoms with Gasteiger partial charge in [0.05, 0.1) is 0 Å². The molecule has 1 nitrogen and oxygen atoms in total. The zero-order valence-corrected chi connectivity index (χ0v) is 12.8. The van der Waals surface area contributed by atoms with Crippen molar-refractivity contribution < 1.29 is 0 Å². The highest BCUT2D eigenvalue weighted by molar-refractivity contribution is 7.99. The summed E-state index contributed by atoms with van der Waals surface area (Å²) in [5, 5.41) is 0.799. The molecule has 3 heteroatoms. The van der Waals surface area contributed by atoms with Crippen LogP contribution in [-0.2, 0) is 0 Å². The molecule has 102 valence electrons. The molecule has 1 unspecified atom stereocenters. The summed E-state index contributed by atoms with van der Waals surface area (Å²) in [6.07, 6.45) is 7.73. The molecule has 0 aromatic heterocycles. The standard InChI is InChI=1S/C15H24ClNS/c1-2-3-4-5-6-9-14(17)12-18-15-10-7-8-13(16)11-15/h7-8,10-11,14H,2-6,9,12,17H2,1H3. The van der Waals surface area contributed by atoms with Gasteiger partial charge in [0, 0.05) is 21.7 Å². The van der Waals surface area contributed by atoms with E-state index in [1.54, 1.807) is 11.8 Å². The van der Waals surface area contributed by atoms with Crippen molar-refractivity contribution in [1.82, 2.24) is 0 Å². The zero-order valence-electron chi connectivity index (χ0n) is 11.2. The largest absolute Gasteiger partial charge is 0.327 e. The summed E-state index contributed by atoms with van der Waals surface area (Å²) in [5.74, 6) is 0.980. The van der Waals surface area contributed by atoms with Crippen molar-refractivity contribution in [2.24, 2.45) is 5.73 Å². The summed E-state index contributed by atoms with van der Waals surface area (Å²) in [5.41, 5.74) is 6.12. The zero-order chi connectivity index (χ0) is 13.2. The second-order valence-corrected chi connectivity index (χ2v) is 6.26. The van der Waals surface area contributed by atoms with Crippen LogP contribution >= 0.6 is 23.4 Å². The van der Waals surface area contributed by atoms with Crippen LogP contribution in [0.25, 0.3) is 0 Å². The molecule has 18 heavy (non-hydrogen) atoms. The van der Waals surface area contributed by atoms with Crippen LogP contribution in [0.4, 0.5) is 0 Å². The van der Waals surface area contributed by atoms with Crippen molar-refractivity contribution in [2.75, 3.05) is 5.75 Å². The van der Waals surface area contributed by atoms with E-state index in [9.17, 15) is 0 Å². The minimum atomic E-state index is 0.301. The maximum Gasteiger partial charge on any atom is 0.0417 e. The summed E-state index contributed by atoms with van der Waals surface area (Å²) in [4.78, 5) is 1.21. The van der Waals surface area contributed by atoms with Gasteiger partial charge in [-0.3, -0.25) is 0 Å². The molecule has 0 spiro atoms. The van der Waals surface area contributed by atoms with Crippen molar-refractivity contribution in [3.8, 4) is 0 Å². The fourth-order valence-electron chi connectivity index (χ4n) is 1.85. The van der Waals surface area contributed by atoms with E-state index in [1.807, 2.05) is 18.2 Å². The quantitative estimate of drug-likeness (QED) is 0.503. The summed E-state index contributed by atoms with van der Waals surface area (Å²) >= 11 is 7.75. The highest BCUT2D eigenvalue weighted by Crippen LogP contribution is 2.22. The number of halogens is 1. The van der Waals surface area contributed by atoms with E-state index in [1.165, 1.54) is 37.0 Å². The molecule has 0 aliphatic heterocycles. The van der Waals surface area contributed by atoms with Gasteiger partial charge in [0.2, 0.25) is 0 Å².